The molecule has 0 N–H and O–H groups in total. The third kappa shape index (κ3) is 1.03. The lowest BCUT2D eigenvalue weighted by atomic mass is 9.76. The average Bonchev–Trinajstić information content (AvgIpc) is 2.08. The number of thiol groups is 1. The Morgan fingerprint density at radius 3 is 2.46 bits per heavy atom. The van der Waals surface area contributed by atoms with E-state index in [2.05, 4.69) is 12.6 Å². The highest BCUT2D eigenvalue weighted by atomic mass is 32.1. The highest BCUT2D eigenvalue weighted by molar-refractivity contribution is 7.80. The minimum atomic E-state index is -0.800. The van der Waals surface area contributed by atoms with Crippen LogP contribution in [0.1, 0.15) is 29.5 Å². The maximum Gasteiger partial charge on any atom is 0.172 e. The van der Waals surface area contributed by atoms with Gasteiger partial charge in [0.25, 0.3) is 0 Å². The summed E-state index contributed by atoms with van der Waals surface area (Å²) in [4.78, 5) is 0.155. The van der Waals surface area contributed by atoms with Crippen molar-refractivity contribution in [2.45, 2.75) is 31.1 Å². The van der Waals surface area contributed by atoms with Gasteiger partial charge in [-0.25, -0.2) is 8.78 Å². The third-order valence-corrected chi connectivity index (χ3v) is 3.28. The van der Waals surface area contributed by atoms with Crippen LogP contribution in [0.5, 0.6) is 0 Å². The Bertz CT molecular complexity index is 362. The van der Waals surface area contributed by atoms with E-state index in [-0.39, 0.29) is 4.90 Å². The second-order valence-electron chi connectivity index (χ2n) is 3.60. The van der Waals surface area contributed by atoms with Crippen molar-refractivity contribution in [2.24, 2.45) is 0 Å². The molecular weight excluding hydrogens is 190 g/mol. The Balaban J connectivity index is 2.75. The molecule has 0 heterocycles. The molecule has 0 radical (unpaired) electrons. The molecule has 2 rings (SSSR count). The highest BCUT2D eigenvalue weighted by Crippen LogP contribution is 2.42. The number of halogens is 2. The Morgan fingerprint density at radius 1 is 1.31 bits per heavy atom. The zero-order chi connectivity index (χ0) is 9.75. The van der Waals surface area contributed by atoms with Crippen LogP contribution < -0.4 is 0 Å². The molecule has 0 aliphatic heterocycles. The number of hydrogen-bond acceptors (Lipinski definition) is 1. The molecule has 0 saturated heterocycles. The van der Waals surface area contributed by atoms with Crippen LogP contribution in [0.4, 0.5) is 8.78 Å². The van der Waals surface area contributed by atoms with E-state index in [1.165, 1.54) is 0 Å². The first-order valence-electron chi connectivity index (χ1n) is 4.23. The minimum absolute atomic E-state index is 0.155. The summed E-state index contributed by atoms with van der Waals surface area (Å²) in [5, 5.41) is 0. The number of benzene rings is 1. The van der Waals surface area contributed by atoms with Crippen LogP contribution >= 0.6 is 12.6 Å². The maximum absolute atomic E-state index is 13.2. The molecule has 1 aromatic rings. The lowest BCUT2D eigenvalue weighted by molar-refractivity contribution is 0.457. The van der Waals surface area contributed by atoms with Crippen molar-refractivity contribution in [1.82, 2.24) is 0 Å². The van der Waals surface area contributed by atoms with Gasteiger partial charge >= 0.3 is 0 Å². The van der Waals surface area contributed by atoms with E-state index >= 15 is 0 Å². The van der Waals surface area contributed by atoms with Crippen LogP contribution in [0.3, 0.4) is 0 Å². The molecule has 70 valence electrons. The first kappa shape index (κ1) is 9.00. The molecule has 1 unspecified atom stereocenters. The Morgan fingerprint density at radius 2 is 1.92 bits per heavy atom. The topological polar surface area (TPSA) is 0 Å². The minimum Gasteiger partial charge on any atom is -0.203 e. The lowest BCUT2D eigenvalue weighted by Gasteiger charge is -2.30. The van der Waals surface area contributed by atoms with Crippen molar-refractivity contribution in [3.05, 3.63) is 28.3 Å². The van der Waals surface area contributed by atoms with Gasteiger partial charge in [0.05, 0.1) is 0 Å². The molecule has 0 nitrogen and oxygen atoms in total. The standard InChI is InChI=1S/C10H10F2S/c1-4-3-6-7(4)5(2)10(13)9(12)8(6)11/h4,13H,3H2,1-2H3. The van der Waals surface area contributed by atoms with Gasteiger partial charge in [-0.15, -0.1) is 12.6 Å². The molecule has 0 spiro atoms. The van der Waals surface area contributed by atoms with Gasteiger partial charge in [-0.05, 0) is 36.0 Å². The SMILES string of the molecule is Cc1c(S)c(F)c(F)c2c1C(C)C2. The van der Waals surface area contributed by atoms with E-state index in [0.29, 0.717) is 17.9 Å². The molecule has 0 fully saturated rings. The predicted octanol–water partition coefficient (Wildman–Crippen LogP) is 3.22. The predicted molar refractivity (Wildman–Crippen MR) is 50.5 cm³/mol. The molecule has 1 atom stereocenters. The summed E-state index contributed by atoms with van der Waals surface area (Å²) in [6.45, 7) is 3.80. The molecular formula is C10H10F2S. The van der Waals surface area contributed by atoms with E-state index in [4.69, 9.17) is 0 Å². The zero-order valence-electron chi connectivity index (χ0n) is 7.49. The lowest BCUT2D eigenvalue weighted by Crippen LogP contribution is -2.20. The summed E-state index contributed by atoms with van der Waals surface area (Å²) >= 11 is 3.96. The van der Waals surface area contributed by atoms with Crippen LogP contribution in [-0.4, -0.2) is 0 Å². The highest BCUT2D eigenvalue weighted by Gasteiger charge is 2.31. The van der Waals surface area contributed by atoms with Crippen molar-refractivity contribution >= 4 is 12.6 Å². The van der Waals surface area contributed by atoms with Crippen molar-refractivity contribution in [3.63, 3.8) is 0 Å². The fraction of sp³-hybridized carbons (Fsp3) is 0.400. The van der Waals surface area contributed by atoms with Gasteiger partial charge in [-0.2, -0.15) is 0 Å². The van der Waals surface area contributed by atoms with E-state index in [9.17, 15) is 8.78 Å². The summed E-state index contributed by atoms with van der Waals surface area (Å²) in [6, 6.07) is 0. The first-order valence-corrected chi connectivity index (χ1v) is 4.68. The quantitative estimate of drug-likeness (QED) is 0.611. The molecule has 3 heteroatoms. The van der Waals surface area contributed by atoms with Crippen molar-refractivity contribution in [2.75, 3.05) is 0 Å². The Labute approximate surface area is 81.4 Å². The third-order valence-electron chi connectivity index (χ3n) is 2.75. The van der Waals surface area contributed by atoms with Crippen molar-refractivity contribution < 1.29 is 8.78 Å². The van der Waals surface area contributed by atoms with Crippen LogP contribution in [0.25, 0.3) is 0 Å². The van der Waals surface area contributed by atoms with Crippen molar-refractivity contribution in [1.29, 1.82) is 0 Å². The normalized spacial score (nSPS) is 19.6. The fourth-order valence-corrected chi connectivity index (χ4v) is 2.24. The average molecular weight is 200 g/mol. The van der Waals surface area contributed by atoms with Gasteiger partial charge in [-0.3, -0.25) is 0 Å². The van der Waals surface area contributed by atoms with E-state index < -0.39 is 11.6 Å². The summed E-state index contributed by atoms with van der Waals surface area (Å²) in [7, 11) is 0. The molecule has 0 bridgehead atoms. The maximum atomic E-state index is 13.2. The fourth-order valence-electron chi connectivity index (χ4n) is 2.02. The van der Waals surface area contributed by atoms with Gasteiger partial charge in [0.2, 0.25) is 0 Å². The molecule has 13 heavy (non-hydrogen) atoms. The monoisotopic (exact) mass is 200 g/mol. The molecule has 0 saturated carbocycles. The smallest absolute Gasteiger partial charge is 0.172 e. The second-order valence-corrected chi connectivity index (χ2v) is 4.05. The number of fused-ring (bicyclic) bond motifs is 1. The van der Waals surface area contributed by atoms with E-state index in [1.807, 2.05) is 6.92 Å². The number of hydrogen-bond donors (Lipinski definition) is 1. The summed E-state index contributed by atoms with van der Waals surface area (Å²) in [5.41, 5.74) is 2.28. The van der Waals surface area contributed by atoms with Gasteiger partial charge < -0.3 is 0 Å². The zero-order valence-corrected chi connectivity index (χ0v) is 8.38. The van der Waals surface area contributed by atoms with E-state index in [1.54, 1.807) is 6.92 Å². The molecule has 1 aliphatic rings. The van der Waals surface area contributed by atoms with Crippen LogP contribution in [-0.2, 0) is 6.42 Å². The van der Waals surface area contributed by atoms with Crippen LogP contribution in [0.15, 0.2) is 4.90 Å². The van der Waals surface area contributed by atoms with Crippen molar-refractivity contribution in [3.8, 4) is 0 Å². The molecule has 1 aromatic carbocycles. The summed E-state index contributed by atoms with van der Waals surface area (Å²) in [6.07, 6.45) is 0.646. The molecule has 1 aliphatic carbocycles. The van der Waals surface area contributed by atoms with E-state index in [0.717, 1.165) is 11.1 Å². The van der Waals surface area contributed by atoms with Gasteiger partial charge in [0.1, 0.15) is 0 Å². The van der Waals surface area contributed by atoms with Crippen LogP contribution in [0.2, 0.25) is 0 Å². The number of rotatable bonds is 0. The van der Waals surface area contributed by atoms with Gasteiger partial charge in [-0.1, -0.05) is 6.92 Å². The van der Waals surface area contributed by atoms with Gasteiger partial charge in [0.15, 0.2) is 11.6 Å². The van der Waals surface area contributed by atoms with Crippen LogP contribution in [0, 0.1) is 18.6 Å². The summed E-state index contributed by atoms with van der Waals surface area (Å²) < 4.78 is 26.4. The molecule has 0 amide bonds. The summed E-state index contributed by atoms with van der Waals surface area (Å²) in [5.74, 6) is -1.16. The second kappa shape index (κ2) is 2.71. The first-order chi connectivity index (χ1) is 6.04. The molecule has 0 aromatic heterocycles. The largest absolute Gasteiger partial charge is 0.203 e. The van der Waals surface area contributed by atoms with Gasteiger partial charge in [0, 0.05) is 4.90 Å². The Hall–Kier alpha value is -0.570. The Kier molecular flexibility index (Phi) is 1.88.